The fourth-order valence-electron chi connectivity index (χ4n) is 2.43. The van der Waals surface area contributed by atoms with Crippen LogP contribution in [-0.4, -0.2) is 23.3 Å². The number of imidazole rings is 1. The maximum absolute atomic E-state index is 6.16. The Kier molecular flexibility index (Phi) is 3.94. The minimum absolute atomic E-state index is 0.629. The summed E-state index contributed by atoms with van der Waals surface area (Å²) in [5.41, 5.74) is 9.85. The molecule has 0 bridgehead atoms. The van der Waals surface area contributed by atoms with Crippen molar-refractivity contribution in [1.29, 1.82) is 0 Å². The maximum Gasteiger partial charge on any atom is 0.143 e. The number of benzene rings is 2. The molecule has 0 amide bonds. The van der Waals surface area contributed by atoms with Crippen LogP contribution in [0.1, 0.15) is 0 Å². The van der Waals surface area contributed by atoms with Crippen molar-refractivity contribution in [2.75, 3.05) is 19.5 Å². The molecule has 0 aliphatic carbocycles. The highest BCUT2D eigenvalue weighted by Gasteiger charge is 2.14. The predicted molar refractivity (Wildman–Crippen MR) is 89.2 cm³/mol. The zero-order valence-electron chi connectivity index (χ0n) is 11.7. The van der Waals surface area contributed by atoms with Gasteiger partial charge in [0, 0.05) is 29.4 Å². The van der Waals surface area contributed by atoms with Crippen LogP contribution in [0.25, 0.3) is 22.4 Å². The quantitative estimate of drug-likeness (QED) is 0.733. The fourth-order valence-corrected chi connectivity index (χ4v) is 2.81. The minimum atomic E-state index is 0.629. The highest BCUT2D eigenvalue weighted by molar-refractivity contribution is 9.10. The van der Waals surface area contributed by atoms with Gasteiger partial charge >= 0.3 is 0 Å². The number of methoxy groups -OCH3 is 1. The second-order valence-electron chi connectivity index (χ2n) is 4.80. The van der Waals surface area contributed by atoms with Crippen LogP contribution in [0.15, 0.2) is 46.9 Å². The average molecular weight is 346 g/mol. The van der Waals surface area contributed by atoms with Gasteiger partial charge in [-0.2, -0.15) is 0 Å². The van der Waals surface area contributed by atoms with Crippen LogP contribution in [0.4, 0.5) is 5.69 Å². The predicted octanol–water partition coefficient (Wildman–Crippen LogP) is 3.69. The van der Waals surface area contributed by atoms with E-state index in [9.17, 15) is 0 Å². The molecule has 0 aliphatic rings. The Bertz CT molecular complexity index is 782. The van der Waals surface area contributed by atoms with Gasteiger partial charge in [0.1, 0.15) is 5.82 Å². The standard InChI is InChI=1S/C16H16BrN3O/c1-21-9-8-20-15-5-3-2-4-14(15)19-16(20)12-7-6-11(17)10-13(12)18/h2-7,10H,8-9,18H2,1H3. The molecule has 0 saturated heterocycles. The first-order valence-electron chi connectivity index (χ1n) is 6.70. The Morgan fingerprint density at radius 3 is 2.81 bits per heavy atom. The van der Waals surface area contributed by atoms with Crippen molar-refractivity contribution in [3.63, 3.8) is 0 Å². The van der Waals surface area contributed by atoms with Crippen LogP contribution >= 0.6 is 15.9 Å². The second kappa shape index (κ2) is 5.87. The fraction of sp³-hybridized carbons (Fsp3) is 0.188. The molecule has 2 N–H and O–H groups in total. The van der Waals surface area contributed by atoms with Crippen LogP contribution in [0.2, 0.25) is 0 Å². The van der Waals surface area contributed by atoms with Gasteiger partial charge in [-0.25, -0.2) is 4.98 Å². The van der Waals surface area contributed by atoms with Gasteiger partial charge in [-0.15, -0.1) is 0 Å². The molecule has 2 aromatic carbocycles. The summed E-state index contributed by atoms with van der Waals surface area (Å²) in [5.74, 6) is 0.873. The van der Waals surface area contributed by atoms with Gasteiger partial charge < -0.3 is 15.0 Å². The Morgan fingerprint density at radius 1 is 1.24 bits per heavy atom. The molecule has 5 heteroatoms. The second-order valence-corrected chi connectivity index (χ2v) is 5.72. The van der Waals surface area contributed by atoms with Gasteiger partial charge in [-0.05, 0) is 30.3 Å². The number of hydrogen-bond donors (Lipinski definition) is 1. The number of hydrogen-bond acceptors (Lipinski definition) is 3. The van der Waals surface area contributed by atoms with E-state index >= 15 is 0 Å². The molecule has 3 rings (SSSR count). The van der Waals surface area contributed by atoms with E-state index in [1.54, 1.807) is 7.11 Å². The lowest BCUT2D eigenvalue weighted by atomic mass is 10.1. The van der Waals surface area contributed by atoms with E-state index < -0.39 is 0 Å². The third-order valence-electron chi connectivity index (χ3n) is 3.43. The van der Waals surface area contributed by atoms with E-state index in [0.717, 1.165) is 33.4 Å². The number of para-hydroxylation sites is 2. The number of fused-ring (bicyclic) bond motifs is 1. The highest BCUT2D eigenvalue weighted by Crippen LogP contribution is 2.30. The minimum Gasteiger partial charge on any atom is -0.398 e. The van der Waals surface area contributed by atoms with Crippen molar-refractivity contribution in [3.8, 4) is 11.4 Å². The molecule has 0 spiro atoms. The summed E-state index contributed by atoms with van der Waals surface area (Å²) in [5, 5.41) is 0. The Balaban J connectivity index is 2.20. The molecule has 21 heavy (non-hydrogen) atoms. The molecule has 0 fully saturated rings. The first-order chi connectivity index (χ1) is 10.2. The monoisotopic (exact) mass is 345 g/mol. The summed E-state index contributed by atoms with van der Waals surface area (Å²) in [6, 6.07) is 13.9. The molecule has 0 radical (unpaired) electrons. The number of rotatable bonds is 4. The van der Waals surface area contributed by atoms with E-state index in [4.69, 9.17) is 15.5 Å². The van der Waals surface area contributed by atoms with Crippen molar-refractivity contribution in [3.05, 3.63) is 46.9 Å². The van der Waals surface area contributed by atoms with Crippen molar-refractivity contribution in [1.82, 2.24) is 9.55 Å². The van der Waals surface area contributed by atoms with Gasteiger partial charge in [0.25, 0.3) is 0 Å². The Hall–Kier alpha value is -1.85. The number of nitrogen functional groups attached to an aromatic ring is 1. The first-order valence-corrected chi connectivity index (χ1v) is 7.49. The lowest BCUT2D eigenvalue weighted by Crippen LogP contribution is -2.06. The van der Waals surface area contributed by atoms with Crippen LogP contribution in [-0.2, 0) is 11.3 Å². The zero-order valence-corrected chi connectivity index (χ0v) is 13.3. The SMILES string of the molecule is COCCn1c(-c2ccc(Br)cc2N)nc2ccccc21. The third-order valence-corrected chi connectivity index (χ3v) is 3.92. The number of nitrogens with two attached hydrogens (primary N) is 1. The lowest BCUT2D eigenvalue weighted by molar-refractivity contribution is 0.188. The van der Waals surface area contributed by atoms with Crippen molar-refractivity contribution in [2.45, 2.75) is 6.54 Å². The van der Waals surface area contributed by atoms with Crippen molar-refractivity contribution < 1.29 is 4.74 Å². The Labute approximate surface area is 131 Å². The van der Waals surface area contributed by atoms with E-state index in [1.807, 2.05) is 36.4 Å². The topological polar surface area (TPSA) is 53.1 Å². The van der Waals surface area contributed by atoms with E-state index in [0.29, 0.717) is 12.3 Å². The molecule has 0 atom stereocenters. The van der Waals surface area contributed by atoms with Crippen LogP contribution < -0.4 is 5.73 Å². The number of anilines is 1. The number of halogens is 1. The smallest absolute Gasteiger partial charge is 0.143 e. The summed E-state index contributed by atoms with van der Waals surface area (Å²) in [4.78, 5) is 4.74. The van der Waals surface area contributed by atoms with Crippen LogP contribution in [0.5, 0.6) is 0 Å². The zero-order chi connectivity index (χ0) is 14.8. The molecule has 1 aromatic heterocycles. The molecular weight excluding hydrogens is 330 g/mol. The lowest BCUT2D eigenvalue weighted by Gasteiger charge is -2.10. The molecule has 0 aliphatic heterocycles. The molecule has 1 heterocycles. The summed E-state index contributed by atoms with van der Waals surface area (Å²) >= 11 is 3.44. The van der Waals surface area contributed by atoms with Crippen LogP contribution in [0, 0.1) is 0 Å². The Morgan fingerprint density at radius 2 is 2.05 bits per heavy atom. The molecule has 3 aromatic rings. The third kappa shape index (κ3) is 2.66. The summed E-state index contributed by atoms with van der Waals surface area (Å²) in [7, 11) is 1.70. The van der Waals surface area contributed by atoms with Crippen molar-refractivity contribution >= 4 is 32.7 Å². The maximum atomic E-state index is 6.16. The average Bonchev–Trinajstić information content (AvgIpc) is 2.83. The molecule has 108 valence electrons. The number of aromatic nitrogens is 2. The molecular formula is C16H16BrN3O. The van der Waals surface area contributed by atoms with Gasteiger partial charge in [0.15, 0.2) is 0 Å². The highest BCUT2D eigenvalue weighted by atomic mass is 79.9. The van der Waals surface area contributed by atoms with Gasteiger partial charge in [0.2, 0.25) is 0 Å². The van der Waals surface area contributed by atoms with E-state index in [1.165, 1.54) is 0 Å². The summed E-state index contributed by atoms with van der Waals surface area (Å²) in [6.45, 7) is 1.37. The van der Waals surface area contributed by atoms with Crippen molar-refractivity contribution in [2.24, 2.45) is 0 Å². The van der Waals surface area contributed by atoms with Gasteiger partial charge in [-0.1, -0.05) is 28.1 Å². The normalized spacial score (nSPS) is 11.1. The summed E-state index contributed by atoms with van der Waals surface area (Å²) < 4.78 is 8.33. The molecule has 0 unspecified atom stereocenters. The summed E-state index contributed by atoms with van der Waals surface area (Å²) in [6.07, 6.45) is 0. The first kappa shape index (κ1) is 14.1. The molecule has 0 saturated carbocycles. The van der Waals surface area contributed by atoms with Crippen LogP contribution in [0.3, 0.4) is 0 Å². The molecule has 4 nitrogen and oxygen atoms in total. The van der Waals surface area contributed by atoms with E-state index in [2.05, 4.69) is 26.6 Å². The number of ether oxygens (including phenoxy) is 1. The van der Waals surface area contributed by atoms with E-state index in [-0.39, 0.29) is 0 Å². The van der Waals surface area contributed by atoms with Gasteiger partial charge in [-0.3, -0.25) is 0 Å². The van der Waals surface area contributed by atoms with Gasteiger partial charge in [0.05, 0.1) is 17.6 Å². The number of nitrogens with zero attached hydrogens (tertiary/aromatic N) is 2. The largest absolute Gasteiger partial charge is 0.398 e.